The SMILES string of the molecule is C=C(C)Cn1c(SCC(=O)c2cccs2)nc2sc3ccccc3c2c1=O. The highest BCUT2D eigenvalue weighted by Crippen LogP contribution is 2.32. The van der Waals surface area contributed by atoms with Crippen LogP contribution in [-0.2, 0) is 6.54 Å². The quantitative estimate of drug-likeness (QED) is 0.188. The van der Waals surface area contributed by atoms with Crippen LogP contribution in [0.15, 0.2) is 63.9 Å². The third-order valence-electron chi connectivity index (χ3n) is 4.02. The molecule has 0 unspecified atom stereocenters. The van der Waals surface area contributed by atoms with Crippen molar-refractivity contribution in [2.75, 3.05) is 5.75 Å². The molecule has 7 heteroatoms. The Hall–Kier alpha value is -2.22. The molecule has 0 atom stereocenters. The van der Waals surface area contributed by atoms with Crippen LogP contribution in [0.4, 0.5) is 0 Å². The summed E-state index contributed by atoms with van der Waals surface area (Å²) in [6.07, 6.45) is 0. The second-order valence-electron chi connectivity index (χ2n) is 6.21. The second-order valence-corrected chi connectivity index (χ2v) is 9.13. The zero-order valence-electron chi connectivity index (χ0n) is 14.6. The number of ketones is 1. The number of thiophene rings is 2. The topological polar surface area (TPSA) is 52.0 Å². The summed E-state index contributed by atoms with van der Waals surface area (Å²) < 4.78 is 2.67. The molecule has 0 saturated heterocycles. The van der Waals surface area contributed by atoms with Gasteiger partial charge in [-0.2, -0.15) is 0 Å². The summed E-state index contributed by atoms with van der Waals surface area (Å²) in [5, 5.41) is 4.02. The molecule has 1 aromatic carbocycles. The number of fused-ring (bicyclic) bond motifs is 3. The molecule has 136 valence electrons. The number of carbonyl (C=O) groups excluding carboxylic acids is 1. The Morgan fingerprint density at radius 2 is 2.07 bits per heavy atom. The number of hydrogen-bond acceptors (Lipinski definition) is 6. The Labute approximate surface area is 168 Å². The highest BCUT2D eigenvalue weighted by Gasteiger charge is 2.18. The van der Waals surface area contributed by atoms with Crippen molar-refractivity contribution in [3.05, 3.63) is 69.2 Å². The number of hydrogen-bond donors (Lipinski definition) is 0. The standard InChI is InChI=1S/C20H16N2O2S3/c1-12(2)10-22-19(24)17-13-6-3-4-7-15(13)27-18(17)21-20(22)26-11-14(23)16-8-5-9-25-16/h3-9H,1,10-11H2,2H3. The fourth-order valence-corrected chi connectivity index (χ4v) is 5.60. The van der Waals surface area contributed by atoms with E-state index in [4.69, 9.17) is 4.98 Å². The first-order valence-corrected chi connectivity index (χ1v) is 11.0. The van der Waals surface area contributed by atoms with E-state index in [1.54, 1.807) is 4.57 Å². The van der Waals surface area contributed by atoms with E-state index in [9.17, 15) is 9.59 Å². The van der Waals surface area contributed by atoms with Crippen LogP contribution >= 0.6 is 34.4 Å². The molecule has 0 bridgehead atoms. The molecule has 0 saturated carbocycles. The largest absolute Gasteiger partial charge is 0.292 e. The molecule has 4 nitrogen and oxygen atoms in total. The van der Waals surface area contributed by atoms with Crippen molar-refractivity contribution in [2.45, 2.75) is 18.6 Å². The lowest BCUT2D eigenvalue weighted by Gasteiger charge is -2.11. The lowest BCUT2D eigenvalue weighted by atomic mass is 10.2. The van der Waals surface area contributed by atoms with Crippen molar-refractivity contribution < 1.29 is 4.79 Å². The van der Waals surface area contributed by atoms with E-state index in [0.717, 1.165) is 20.5 Å². The van der Waals surface area contributed by atoms with Gasteiger partial charge in [-0.25, -0.2) is 4.98 Å². The molecule has 3 heterocycles. The Morgan fingerprint density at radius 3 is 2.81 bits per heavy atom. The first-order valence-electron chi connectivity index (χ1n) is 8.30. The van der Waals surface area contributed by atoms with Crippen LogP contribution < -0.4 is 5.56 Å². The van der Waals surface area contributed by atoms with Gasteiger partial charge in [0.15, 0.2) is 10.9 Å². The third-order valence-corrected chi connectivity index (χ3v) is 6.97. The summed E-state index contributed by atoms with van der Waals surface area (Å²) >= 11 is 4.24. The van der Waals surface area contributed by atoms with Crippen LogP contribution in [0.3, 0.4) is 0 Å². The van der Waals surface area contributed by atoms with Crippen LogP contribution in [0.1, 0.15) is 16.6 Å². The first-order chi connectivity index (χ1) is 13.0. The van der Waals surface area contributed by atoms with Gasteiger partial charge in [0.1, 0.15) is 4.83 Å². The van der Waals surface area contributed by atoms with Gasteiger partial charge in [-0.3, -0.25) is 14.2 Å². The number of nitrogens with zero attached hydrogens (tertiary/aromatic N) is 2. The van der Waals surface area contributed by atoms with Crippen molar-refractivity contribution in [1.29, 1.82) is 0 Å². The van der Waals surface area contributed by atoms with Crippen molar-refractivity contribution in [2.24, 2.45) is 0 Å². The van der Waals surface area contributed by atoms with E-state index in [-0.39, 0.29) is 17.1 Å². The fourth-order valence-electron chi connectivity index (χ4n) is 2.85. The van der Waals surface area contributed by atoms with Gasteiger partial charge in [-0.1, -0.05) is 48.2 Å². The van der Waals surface area contributed by atoms with E-state index < -0.39 is 0 Å². The van der Waals surface area contributed by atoms with Crippen molar-refractivity contribution >= 4 is 60.5 Å². The van der Waals surface area contributed by atoms with E-state index >= 15 is 0 Å². The highest BCUT2D eigenvalue weighted by molar-refractivity contribution is 7.99. The van der Waals surface area contributed by atoms with Crippen LogP contribution in [0, 0.1) is 0 Å². The zero-order chi connectivity index (χ0) is 19.0. The number of allylic oxidation sites excluding steroid dienone is 1. The van der Waals surface area contributed by atoms with Gasteiger partial charge in [-0.05, 0) is 24.4 Å². The summed E-state index contributed by atoms with van der Waals surface area (Å²) in [4.78, 5) is 31.8. The van der Waals surface area contributed by atoms with E-state index in [1.165, 1.54) is 34.4 Å². The molecule has 4 aromatic rings. The Bertz CT molecular complexity index is 1220. The Morgan fingerprint density at radius 1 is 1.26 bits per heavy atom. The number of benzene rings is 1. The van der Waals surface area contributed by atoms with Gasteiger partial charge in [0, 0.05) is 16.6 Å². The van der Waals surface area contributed by atoms with Crippen LogP contribution in [0.25, 0.3) is 20.3 Å². The number of aromatic nitrogens is 2. The summed E-state index contributed by atoms with van der Waals surface area (Å²) in [5.74, 6) is 0.294. The molecule has 0 aliphatic rings. The molecule has 27 heavy (non-hydrogen) atoms. The first kappa shape index (κ1) is 18.2. The smallest absolute Gasteiger partial charge is 0.263 e. The van der Waals surface area contributed by atoms with Crippen LogP contribution in [0.5, 0.6) is 0 Å². The monoisotopic (exact) mass is 412 g/mol. The molecule has 0 aliphatic carbocycles. The minimum atomic E-state index is -0.0773. The van der Waals surface area contributed by atoms with E-state index in [1.807, 2.05) is 48.7 Å². The number of rotatable bonds is 6. The molecular weight excluding hydrogens is 396 g/mol. The highest BCUT2D eigenvalue weighted by atomic mass is 32.2. The summed E-state index contributed by atoms with van der Waals surface area (Å²) in [6, 6.07) is 11.5. The van der Waals surface area contributed by atoms with Crippen molar-refractivity contribution in [1.82, 2.24) is 9.55 Å². The normalized spacial score (nSPS) is 11.3. The van der Waals surface area contributed by atoms with Crippen molar-refractivity contribution in [3.8, 4) is 0 Å². The summed E-state index contributed by atoms with van der Waals surface area (Å²) in [7, 11) is 0. The maximum absolute atomic E-state index is 13.2. The maximum atomic E-state index is 13.2. The average molecular weight is 413 g/mol. The lowest BCUT2D eigenvalue weighted by molar-refractivity contribution is 0.102. The van der Waals surface area contributed by atoms with Crippen LogP contribution in [-0.4, -0.2) is 21.1 Å². The number of carbonyl (C=O) groups is 1. The predicted octanol–water partition coefficient (Wildman–Crippen LogP) is 5.22. The van der Waals surface area contributed by atoms with Gasteiger partial charge in [0.25, 0.3) is 5.56 Å². The molecule has 0 aliphatic heterocycles. The molecule has 0 radical (unpaired) electrons. The fraction of sp³-hybridized carbons (Fsp3) is 0.150. The molecule has 4 rings (SSSR count). The van der Waals surface area contributed by atoms with Gasteiger partial charge in [0.2, 0.25) is 0 Å². The van der Waals surface area contributed by atoms with E-state index in [2.05, 4.69) is 6.58 Å². The maximum Gasteiger partial charge on any atom is 0.263 e. The molecule has 0 fully saturated rings. The van der Waals surface area contributed by atoms with Crippen LogP contribution in [0.2, 0.25) is 0 Å². The van der Waals surface area contributed by atoms with Gasteiger partial charge >= 0.3 is 0 Å². The molecule has 3 aromatic heterocycles. The molecule has 0 N–H and O–H groups in total. The summed E-state index contributed by atoms with van der Waals surface area (Å²) in [5.41, 5.74) is 0.788. The van der Waals surface area contributed by atoms with Crippen molar-refractivity contribution in [3.63, 3.8) is 0 Å². The predicted molar refractivity (Wildman–Crippen MR) is 116 cm³/mol. The zero-order valence-corrected chi connectivity index (χ0v) is 17.0. The number of thioether (sulfide) groups is 1. The molecule has 0 spiro atoms. The Balaban J connectivity index is 1.80. The molecule has 0 amide bonds. The second kappa shape index (κ2) is 7.42. The molecular formula is C20H16N2O2S3. The summed E-state index contributed by atoms with van der Waals surface area (Å²) in [6.45, 7) is 6.21. The lowest BCUT2D eigenvalue weighted by Crippen LogP contribution is -2.23. The average Bonchev–Trinajstić information content (AvgIpc) is 3.29. The Kier molecular flexibility index (Phi) is 4.99. The number of Topliss-reactive ketones (excluding diaryl/α,β-unsaturated/α-hetero) is 1. The van der Waals surface area contributed by atoms with Gasteiger partial charge in [0.05, 0.1) is 16.0 Å². The van der Waals surface area contributed by atoms with Gasteiger partial charge < -0.3 is 0 Å². The van der Waals surface area contributed by atoms with E-state index in [0.29, 0.717) is 21.9 Å². The van der Waals surface area contributed by atoms with Gasteiger partial charge in [-0.15, -0.1) is 22.7 Å². The third kappa shape index (κ3) is 3.50. The minimum absolute atomic E-state index is 0.0440. The minimum Gasteiger partial charge on any atom is -0.292 e.